The number of nitrogens with zero attached hydrogens (tertiary/aromatic N) is 1. The Morgan fingerprint density at radius 3 is 2.45 bits per heavy atom. The average molecular weight is 332 g/mol. The molecule has 0 fully saturated rings. The topological polar surface area (TPSA) is 24.9 Å². The molecule has 0 radical (unpaired) electrons. The first-order valence-electron chi connectivity index (χ1n) is 6.79. The fraction of sp³-hybridized carbons (Fsp3) is 0.400. The molecule has 0 atom stereocenters. The predicted octanol–water partition coefficient (Wildman–Crippen LogP) is 5.97. The van der Waals surface area contributed by atoms with Crippen molar-refractivity contribution in [2.45, 2.75) is 33.1 Å². The van der Waals surface area contributed by atoms with Crippen LogP contribution in [0.25, 0.3) is 10.9 Å². The molecule has 0 saturated carbocycles. The standard InChI is InChI=1S/C15H17Cl3N2/c1-3-5-9-7-12(19-6-4-2)13-14(18)10(16)8-11(17)15(13)20-9/h7-8H,3-6H2,1-2H3,(H,19,20). The van der Waals surface area contributed by atoms with E-state index in [1.165, 1.54) is 0 Å². The normalized spacial score (nSPS) is 11.1. The first-order chi connectivity index (χ1) is 9.58. The summed E-state index contributed by atoms with van der Waals surface area (Å²) in [4.78, 5) is 4.62. The highest BCUT2D eigenvalue weighted by molar-refractivity contribution is 6.48. The zero-order valence-corrected chi connectivity index (χ0v) is 13.8. The summed E-state index contributed by atoms with van der Waals surface area (Å²) >= 11 is 18.7. The molecule has 0 aliphatic heterocycles. The number of halogens is 3. The minimum atomic E-state index is 0.453. The number of nitrogens with one attached hydrogen (secondary N) is 1. The Kier molecular flexibility index (Phi) is 5.36. The van der Waals surface area contributed by atoms with Crippen LogP contribution in [-0.2, 0) is 6.42 Å². The Hall–Kier alpha value is -0.700. The lowest BCUT2D eigenvalue weighted by atomic mass is 10.1. The van der Waals surface area contributed by atoms with Crippen molar-refractivity contribution >= 4 is 51.4 Å². The third kappa shape index (κ3) is 3.13. The van der Waals surface area contributed by atoms with E-state index in [0.29, 0.717) is 20.6 Å². The lowest BCUT2D eigenvalue weighted by Gasteiger charge is -2.14. The van der Waals surface area contributed by atoms with Crippen LogP contribution in [0.3, 0.4) is 0 Å². The first-order valence-corrected chi connectivity index (χ1v) is 7.92. The van der Waals surface area contributed by atoms with Gasteiger partial charge in [0.25, 0.3) is 0 Å². The van der Waals surface area contributed by atoms with Crippen LogP contribution >= 0.6 is 34.8 Å². The second kappa shape index (κ2) is 6.84. The summed E-state index contributed by atoms with van der Waals surface area (Å²) in [6.45, 7) is 5.11. The van der Waals surface area contributed by atoms with Crippen LogP contribution in [-0.4, -0.2) is 11.5 Å². The Morgan fingerprint density at radius 1 is 1.05 bits per heavy atom. The van der Waals surface area contributed by atoms with E-state index in [0.717, 1.165) is 42.6 Å². The molecule has 0 bridgehead atoms. The largest absolute Gasteiger partial charge is 0.384 e. The third-order valence-electron chi connectivity index (χ3n) is 3.05. The number of benzene rings is 1. The Bertz CT molecular complexity index is 626. The summed E-state index contributed by atoms with van der Waals surface area (Å²) in [5.41, 5.74) is 2.68. The number of aromatic nitrogens is 1. The van der Waals surface area contributed by atoms with Crippen molar-refractivity contribution in [2.75, 3.05) is 11.9 Å². The summed E-state index contributed by atoms with van der Waals surface area (Å²) in [6, 6.07) is 3.69. The fourth-order valence-corrected chi connectivity index (χ4v) is 2.89. The molecule has 0 spiro atoms. The second-order valence-electron chi connectivity index (χ2n) is 4.72. The number of pyridine rings is 1. The van der Waals surface area contributed by atoms with Crippen molar-refractivity contribution in [1.29, 1.82) is 0 Å². The van der Waals surface area contributed by atoms with Crippen molar-refractivity contribution in [3.05, 3.63) is 32.9 Å². The zero-order chi connectivity index (χ0) is 14.7. The van der Waals surface area contributed by atoms with Gasteiger partial charge in [0, 0.05) is 23.3 Å². The molecule has 0 aliphatic carbocycles. The summed E-state index contributed by atoms with van der Waals surface area (Å²) in [7, 11) is 0. The Balaban J connectivity index is 2.70. The van der Waals surface area contributed by atoms with Gasteiger partial charge < -0.3 is 5.32 Å². The molecule has 1 heterocycles. The molecule has 2 rings (SSSR count). The molecule has 0 amide bonds. The lowest BCUT2D eigenvalue weighted by Crippen LogP contribution is -2.03. The number of fused-ring (bicyclic) bond motifs is 1. The quantitative estimate of drug-likeness (QED) is 0.683. The summed E-state index contributed by atoms with van der Waals surface area (Å²) < 4.78 is 0. The van der Waals surface area contributed by atoms with Gasteiger partial charge in [-0.2, -0.15) is 0 Å². The molecular formula is C15H17Cl3N2. The van der Waals surface area contributed by atoms with Crippen LogP contribution in [0.4, 0.5) is 5.69 Å². The molecule has 0 unspecified atom stereocenters. The molecular weight excluding hydrogens is 315 g/mol. The molecule has 2 nitrogen and oxygen atoms in total. The summed E-state index contributed by atoms with van der Waals surface area (Å²) in [5, 5.41) is 5.68. The maximum Gasteiger partial charge on any atom is 0.0928 e. The van der Waals surface area contributed by atoms with Crippen LogP contribution in [0.2, 0.25) is 15.1 Å². The van der Waals surface area contributed by atoms with E-state index in [4.69, 9.17) is 34.8 Å². The van der Waals surface area contributed by atoms with Crippen LogP contribution in [0, 0.1) is 0 Å². The summed E-state index contributed by atoms with van der Waals surface area (Å²) in [6.07, 6.45) is 2.97. The number of hydrogen-bond donors (Lipinski definition) is 1. The maximum absolute atomic E-state index is 6.34. The van der Waals surface area contributed by atoms with E-state index in [1.54, 1.807) is 6.07 Å². The lowest BCUT2D eigenvalue weighted by molar-refractivity contribution is 0.889. The predicted molar refractivity (Wildman–Crippen MR) is 89.5 cm³/mol. The van der Waals surface area contributed by atoms with Crippen molar-refractivity contribution < 1.29 is 0 Å². The van der Waals surface area contributed by atoms with Gasteiger partial charge in [-0.1, -0.05) is 55.1 Å². The smallest absolute Gasteiger partial charge is 0.0928 e. The van der Waals surface area contributed by atoms with Crippen molar-refractivity contribution in [3.8, 4) is 0 Å². The van der Waals surface area contributed by atoms with E-state index >= 15 is 0 Å². The third-order valence-corrected chi connectivity index (χ3v) is 4.13. The highest BCUT2D eigenvalue weighted by Gasteiger charge is 2.15. The number of anilines is 1. The monoisotopic (exact) mass is 330 g/mol. The minimum Gasteiger partial charge on any atom is -0.384 e. The maximum atomic E-state index is 6.34. The number of hydrogen-bond acceptors (Lipinski definition) is 2. The molecule has 1 N–H and O–H groups in total. The van der Waals surface area contributed by atoms with Crippen LogP contribution in [0.1, 0.15) is 32.4 Å². The molecule has 5 heteroatoms. The van der Waals surface area contributed by atoms with Crippen LogP contribution < -0.4 is 5.32 Å². The van der Waals surface area contributed by atoms with Gasteiger partial charge in [0.1, 0.15) is 0 Å². The molecule has 0 saturated heterocycles. The van der Waals surface area contributed by atoms with Gasteiger partial charge in [-0.25, -0.2) is 0 Å². The molecule has 2 aromatic rings. The molecule has 108 valence electrons. The van der Waals surface area contributed by atoms with Gasteiger partial charge >= 0.3 is 0 Å². The molecule has 0 aliphatic rings. The molecule has 1 aromatic heterocycles. The van der Waals surface area contributed by atoms with Crippen molar-refractivity contribution in [2.24, 2.45) is 0 Å². The SMILES string of the molecule is CCCNc1cc(CCC)nc2c(Cl)cc(Cl)c(Cl)c12. The van der Waals surface area contributed by atoms with E-state index in [2.05, 4.69) is 24.1 Å². The first kappa shape index (κ1) is 15.7. The Morgan fingerprint density at radius 2 is 1.80 bits per heavy atom. The number of rotatable bonds is 5. The van der Waals surface area contributed by atoms with Crippen molar-refractivity contribution in [1.82, 2.24) is 4.98 Å². The highest BCUT2D eigenvalue weighted by Crippen LogP contribution is 2.39. The van der Waals surface area contributed by atoms with E-state index in [1.807, 2.05) is 6.07 Å². The van der Waals surface area contributed by atoms with Gasteiger partial charge in [-0.15, -0.1) is 0 Å². The van der Waals surface area contributed by atoms with Gasteiger partial charge in [-0.3, -0.25) is 4.98 Å². The van der Waals surface area contributed by atoms with Crippen LogP contribution in [0.5, 0.6) is 0 Å². The van der Waals surface area contributed by atoms with Crippen molar-refractivity contribution in [3.63, 3.8) is 0 Å². The fourth-order valence-electron chi connectivity index (χ4n) is 2.14. The summed E-state index contributed by atoms with van der Waals surface area (Å²) in [5.74, 6) is 0. The minimum absolute atomic E-state index is 0.453. The second-order valence-corrected chi connectivity index (χ2v) is 5.91. The molecule has 20 heavy (non-hydrogen) atoms. The number of aryl methyl sites for hydroxylation is 1. The van der Waals surface area contributed by atoms with Gasteiger partial charge in [0.05, 0.1) is 20.6 Å². The zero-order valence-electron chi connectivity index (χ0n) is 11.6. The average Bonchev–Trinajstić information content (AvgIpc) is 2.42. The highest BCUT2D eigenvalue weighted by atomic mass is 35.5. The van der Waals surface area contributed by atoms with Crippen LogP contribution in [0.15, 0.2) is 12.1 Å². The Labute approximate surface area is 134 Å². The van der Waals surface area contributed by atoms with E-state index in [-0.39, 0.29) is 0 Å². The van der Waals surface area contributed by atoms with E-state index in [9.17, 15) is 0 Å². The van der Waals surface area contributed by atoms with Gasteiger partial charge in [-0.05, 0) is 25.0 Å². The van der Waals surface area contributed by atoms with E-state index < -0.39 is 0 Å². The molecule has 1 aromatic carbocycles. The van der Waals surface area contributed by atoms with Gasteiger partial charge in [0.2, 0.25) is 0 Å². The van der Waals surface area contributed by atoms with Gasteiger partial charge in [0.15, 0.2) is 0 Å².